The maximum Gasteiger partial charge on any atom is 0.353 e. The molecule has 0 aliphatic heterocycles. The van der Waals surface area contributed by atoms with Crippen LogP contribution in [0.25, 0.3) is 10.9 Å². The number of aromatic carboxylic acids is 1. The first-order chi connectivity index (χ1) is 13.1. The predicted octanol–water partition coefficient (Wildman–Crippen LogP) is 1.19. The number of rotatable bonds is 4. The Morgan fingerprint density at radius 1 is 1.07 bits per heavy atom. The average molecular weight is 404 g/mol. The quantitative estimate of drug-likeness (QED) is 0.585. The molecule has 0 radical (unpaired) electrons. The fourth-order valence-electron chi connectivity index (χ4n) is 2.84. The van der Waals surface area contributed by atoms with Gasteiger partial charge in [0.25, 0.3) is 10.0 Å². The maximum atomic E-state index is 12.8. The number of carboxylic acids is 1. The van der Waals surface area contributed by atoms with E-state index in [2.05, 4.69) is 20.3 Å². The molecule has 0 bridgehead atoms. The van der Waals surface area contributed by atoms with Crippen molar-refractivity contribution in [1.29, 1.82) is 0 Å². The number of benzene rings is 1. The van der Waals surface area contributed by atoms with E-state index in [4.69, 9.17) is 0 Å². The largest absolute Gasteiger partial charge is 0.477 e. The number of fused-ring (bicyclic) bond motifs is 1. The molecule has 28 heavy (non-hydrogen) atoms. The van der Waals surface area contributed by atoms with Crippen molar-refractivity contribution in [3.8, 4) is 0 Å². The molecule has 0 atom stereocenters. The molecule has 0 saturated carbocycles. The standard InChI is InChI=1S/C16H16N6O5S/c1-8-17-9(2)19-15(18-8)20-16(25)21-28(26,27)13-10-6-4-5-7-11(10)22(3)12(13)14(23)24/h4-7H,1-3H3,(H,23,24)(H2,17,18,19,20,21,25). The van der Waals surface area contributed by atoms with Gasteiger partial charge in [-0.25, -0.2) is 27.7 Å². The molecule has 3 N–H and O–H groups in total. The lowest BCUT2D eigenvalue weighted by atomic mass is 10.2. The fourth-order valence-corrected chi connectivity index (χ4v) is 4.18. The molecule has 3 aromatic rings. The number of para-hydroxylation sites is 1. The summed E-state index contributed by atoms with van der Waals surface area (Å²) < 4.78 is 28.7. The smallest absolute Gasteiger partial charge is 0.353 e. The van der Waals surface area contributed by atoms with Crippen LogP contribution in [0.1, 0.15) is 22.1 Å². The number of hydrogen-bond acceptors (Lipinski definition) is 7. The molecule has 11 nitrogen and oxygen atoms in total. The summed E-state index contributed by atoms with van der Waals surface area (Å²) in [5.74, 6) is -0.891. The highest BCUT2D eigenvalue weighted by Gasteiger charge is 2.31. The molecule has 0 aliphatic carbocycles. The summed E-state index contributed by atoms with van der Waals surface area (Å²) in [5, 5.41) is 11.9. The lowest BCUT2D eigenvalue weighted by Crippen LogP contribution is -2.35. The minimum Gasteiger partial charge on any atom is -0.477 e. The number of aromatic nitrogens is 4. The number of anilines is 1. The topological polar surface area (TPSA) is 156 Å². The number of carboxylic acid groups (broad SMARTS) is 1. The Morgan fingerprint density at radius 3 is 2.29 bits per heavy atom. The highest BCUT2D eigenvalue weighted by Crippen LogP contribution is 2.29. The zero-order chi connectivity index (χ0) is 20.6. The molecule has 146 valence electrons. The summed E-state index contributed by atoms with van der Waals surface area (Å²) in [4.78, 5) is 35.1. The number of carbonyl (C=O) groups excluding carboxylic acids is 1. The lowest BCUT2D eigenvalue weighted by Gasteiger charge is -2.09. The van der Waals surface area contributed by atoms with Crippen molar-refractivity contribution in [2.45, 2.75) is 18.7 Å². The van der Waals surface area contributed by atoms with Gasteiger partial charge < -0.3 is 9.67 Å². The van der Waals surface area contributed by atoms with Crippen LogP contribution in [0.3, 0.4) is 0 Å². The number of amides is 2. The summed E-state index contributed by atoms with van der Waals surface area (Å²) in [7, 11) is -3.08. The first-order valence-corrected chi connectivity index (χ1v) is 9.42. The van der Waals surface area contributed by atoms with Gasteiger partial charge in [0.05, 0.1) is 0 Å². The van der Waals surface area contributed by atoms with Crippen molar-refractivity contribution in [2.24, 2.45) is 7.05 Å². The number of hydrogen-bond donors (Lipinski definition) is 3. The van der Waals surface area contributed by atoms with Crippen LogP contribution in [0.4, 0.5) is 10.7 Å². The van der Waals surface area contributed by atoms with Crippen LogP contribution in [-0.4, -0.2) is 45.0 Å². The van der Waals surface area contributed by atoms with Gasteiger partial charge >= 0.3 is 12.0 Å². The van der Waals surface area contributed by atoms with Crippen LogP contribution >= 0.6 is 0 Å². The summed E-state index contributed by atoms with van der Waals surface area (Å²) in [6.45, 7) is 3.17. The maximum absolute atomic E-state index is 12.8. The third-order valence-corrected chi connectivity index (χ3v) is 5.25. The molecule has 3 rings (SSSR count). The second-order valence-electron chi connectivity index (χ2n) is 5.87. The molecule has 2 aromatic heterocycles. The third-order valence-electron chi connectivity index (χ3n) is 3.84. The van der Waals surface area contributed by atoms with E-state index in [1.165, 1.54) is 17.7 Å². The fraction of sp³-hybridized carbons (Fsp3) is 0.188. The molecular weight excluding hydrogens is 388 g/mol. The molecule has 2 amide bonds. The molecule has 12 heteroatoms. The first-order valence-electron chi connectivity index (χ1n) is 7.94. The molecule has 1 aromatic carbocycles. The van der Waals surface area contributed by atoms with E-state index in [9.17, 15) is 23.1 Å². The van der Waals surface area contributed by atoms with Crippen molar-refractivity contribution in [3.05, 3.63) is 41.6 Å². The Balaban J connectivity index is 2.00. The first kappa shape index (κ1) is 19.2. The van der Waals surface area contributed by atoms with E-state index in [0.717, 1.165) is 0 Å². The monoisotopic (exact) mass is 404 g/mol. The molecule has 0 saturated heterocycles. The van der Waals surface area contributed by atoms with E-state index >= 15 is 0 Å². The van der Waals surface area contributed by atoms with Crippen molar-refractivity contribution in [3.63, 3.8) is 0 Å². The second-order valence-corrected chi connectivity index (χ2v) is 7.49. The van der Waals surface area contributed by atoms with Gasteiger partial charge in [0.1, 0.15) is 22.2 Å². The van der Waals surface area contributed by atoms with Crippen molar-refractivity contribution in [1.82, 2.24) is 24.2 Å². The average Bonchev–Trinajstić information content (AvgIpc) is 2.87. The number of nitrogens with zero attached hydrogens (tertiary/aromatic N) is 4. The summed E-state index contributed by atoms with van der Waals surface area (Å²) in [5.41, 5.74) is -0.0715. The SMILES string of the molecule is Cc1nc(C)nc(NC(=O)NS(=O)(=O)c2c(C(=O)O)n(C)c3ccccc23)n1. The second kappa shape index (κ2) is 6.88. The Hall–Kier alpha value is -3.54. The van der Waals surface area contributed by atoms with Crippen LogP contribution in [0.2, 0.25) is 0 Å². The van der Waals surface area contributed by atoms with Gasteiger partial charge in [-0.2, -0.15) is 9.97 Å². The molecule has 0 unspecified atom stereocenters. The van der Waals surface area contributed by atoms with Crippen LogP contribution < -0.4 is 10.0 Å². The van der Waals surface area contributed by atoms with E-state index in [1.54, 1.807) is 36.8 Å². The number of aryl methyl sites for hydroxylation is 3. The van der Waals surface area contributed by atoms with Crippen LogP contribution in [0.5, 0.6) is 0 Å². The minimum absolute atomic E-state index is 0.130. The zero-order valence-electron chi connectivity index (χ0n) is 15.1. The van der Waals surface area contributed by atoms with E-state index in [-0.39, 0.29) is 11.3 Å². The molecular formula is C16H16N6O5S. The summed E-state index contributed by atoms with van der Waals surface area (Å²) in [6, 6.07) is 5.14. The van der Waals surface area contributed by atoms with Crippen LogP contribution in [0, 0.1) is 13.8 Å². The highest BCUT2D eigenvalue weighted by atomic mass is 32.2. The van der Waals surface area contributed by atoms with Gasteiger partial charge in [0, 0.05) is 18.0 Å². The van der Waals surface area contributed by atoms with Crippen LogP contribution in [0.15, 0.2) is 29.2 Å². The van der Waals surface area contributed by atoms with Gasteiger partial charge in [-0.15, -0.1) is 0 Å². The van der Waals surface area contributed by atoms with Crippen molar-refractivity contribution >= 4 is 38.9 Å². The Kier molecular flexibility index (Phi) is 4.73. The third kappa shape index (κ3) is 3.49. The van der Waals surface area contributed by atoms with Crippen molar-refractivity contribution in [2.75, 3.05) is 5.32 Å². The number of sulfonamides is 1. The zero-order valence-corrected chi connectivity index (χ0v) is 15.9. The van der Waals surface area contributed by atoms with E-state index < -0.39 is 32.6 Å². The van der Waals surface area contributed by atoms with Gasteiger partial charge in [0.2, 0.25) is 5.95 Å². The lowest BCUT2D eigenvalue weighted by molar-refractivity contribution is 0.0682. The normalized spacial score (nSPS) is 11.4. The van der Waals surface area contributed by atoms with Gasteiger partial charge in [0.15, 0.2) is 0 Å². The molecule has 0 aliphatic rings. The Labute approximate surface area is 159 Å². The van der Waals surface area contributed by atoms with E-state index in [1.807, 2.05) is 0 Å². The number of urea groups is 1. The van der Waals surface area contributed by atoms with Gasteiger partial charge in [-0.05, 0) is 19.9 Å². The van der Waals surface area contributed by atoms with Gasteiger partial charge in [-0.3, -0.25) is 5.32 Å². The van der Waals surface area contributed by atoms with Crippen LogP contribution in [-0.2, 0) is 17.1 Å². The minimum atomic E-state index is -4.52. The number of carbonyl (C=O) groups is 2. The Bertz CT molecular complexity index is 1200. The summed E-state index contributed by atoms with van der Waals surface area (Å²) >= 11 is 0. The molecule has 0 fully saturated rings. The highest BCUT2D eigenvalue weighted by molar-refractivity contribution is 7.90. The Morgan fingerprint density at radius 2 is 1.68 bits per heavy atom. The van der Waals surface area contributed by atoms with Gasteiger partial charge in [-0.1, -0.05) is 18.2 Å². The van der Waals surface area contributed by atoms with Crippen molar-refractivity contribution < 1.29 is 23.1 Å². The molecule has 0 spiro atoms. The predicted molar refractivity (Wildman–Crippen MR) is 98.5 cm³/mol. The van der Waals surface area contributed by atoms with E-state index in [0.29, 0.717) is 17.2 Å². The number of nitrogens with one attached hydrogen (secondary N) is 2. The molecule has 2 heterocycles. The summed E-state index contributed by atoms with van der Waals surface area (Å²) in [6.07, 6.45) is 0.